The van der Waals surface area contributed by atoms with E-state index in [-0.39, 0.29) is 19.0 Å². The summed E-state index contributed by atoms with van der Waals surface area (Å²) < 4.78 is 54.1. The van der Waals surface area contributed by atoms with Gasteiger partial charge in [-0.1, -0.05) is 0 Å². The molecule has 1 aromatic carbocycles. The third-order valence-electron chi connectivity index (χ3n) is 3.24. The summed E-state index contributed by atoms with van der Waals surface area (Å²) in [6, 6.07) is 1.47. The molecule has 11 heteroatoms. The molecular weight excluding hydrogens is 373 g/mol. The highest BCUT2D eigenvalue weighted by molar-refractivity contribution is 5.96. The van der Waals surface area contributed by atoms with E-state index in [1.807, 2.05) is 5.32 Å². The van der Waals surface area contributed by atoms with Crippen LogP contribution in [0.3, 0.4) is 0 Å². The number of benzene rings is 1. The Morgan fingerprint density at radius 1 is 1.19 bits per heavy atom. The first-order valence-electron chi connectivity index (χ1n) is 7.66. The summed E-state index contributed by atoms with van der Waals surface area (Å²) in [5.41, 5.74) is -0.589. The van der Waals surface area contributed by atoms with Crippen molar-refractivity contribution in [3.8, 4) is 0 Å². The van der Waals surface area contributed by atoms with E-state index in [0.717, 1.165) is 12.3 Å². The lowest BCUT2D eigenvalue weighted by Gasteiger charge is -2.17. The summed E-state index contributed by atoms with van der Waals surface area (Å²) in [4.78, 5) is 35.3. The van der Waals surface area contributed by atoms with Gasteiger partial charge in [-0.05, 0) is 19.1 Å². The maximum Gasteiger partial charge on any atom is 0.377 e. The predicted octanol–water partition coefficient (Wildman–Crippen LogP) is 0.978. The number of esters is 1. The highest BCUT2D eigenvalue weighted by Gasteiger charge is 2.23. The first-order valence-corrected chi connectivity index (χ1v) is 7.66. The van der Waals surface area contributed by atoms with Crippen molar-refractivity contribution in [2.45, 2.75) is 13.0 Å². The molecule has 1 aliphatic rings. The fourth-order valence-corrected chi connectivity index (χ4v) is 1.88. The topological polar surface area (TPSA) is 103 Å². The van der Waals surface area contributed by atoms with Gasteiger partial charge in [0.1, 0.15) is 19.5 Å². The maximum atomic E-state index is 13.5. The lowest BCUT2D eigenvalue weighted by molar-refractivity contribution is -0.155. The Balaban J connectivity index is 1.82. The van der Waals surface area contributed by atoms with Gasteiger partial charge in [0.05, 0.1) is 12.2 Å². The molecule has 0 saturated heterocycles. The van der Waals surface area contributed by atoms with E-state index in [4.69, 9.17) is 14.2 Å². The Morgan fingerprint density at radius 3 is 2.59 bits per heavy atom. The van der Waals surface area contributed by atoms with Crippen LogP contribution in [0.4, 0.5) is 18.9 Å². The number of ether oxygens (including phenoxy) is 3. The summed E-state index contributed by atoms with van der Waals surface area (Å²) in [5, 5.41) is 4.12. The summed E-state index contributed by atoms with van der Waals surface area (Å²) in [6.07, 6.45) is -0.211. The predicted molar refractivity (Wildman–Crippen MR) is 83.5 cm³/mol. The summed E-state index contributed by atoms with van der Waals surface area (Å²) in [7, 11) is 0. The molecule has 0 radical (unpaired) electrons. The summed E-state index contributed by atoms with van der Waals surface area (Å²) >= 11 is 0. The molecule has 1 atom stereocenters. The standard InChI is InChI=1S/C16H15F3N2O6/c1-8(27-16(24)11-7-25-4-5-26-11)15(23)20-6-12(22)21-10-3-2-9(17)13(18)14(10)19/h2-3,7-8H,4-6H2,1H3,(H,20,23)(H,21,22)/t8-/m1/s1. The van der Waals surface area contributed by atoms with Gasteiger partial charge in [-0.15, -0.1) is 0 Å². The van der Waals surface area contributed by atoms with E-state index in [1.54, 1.807) is 0 Å². The van der Waals surface area contributed by atoms with Gasteiger partial charge >= 0.3 is 5.97 Å². The van der Waals surface area contributed by atoms with Crippen LogP contribution < -0.4 is 10.6 Å². The van der Waals surface area contributed by atoms with E-state index >= 15 is 0 Å². The van der Waals surface area contributed by atoms with Gasteiger partial charge in [-0.3, -0.25) is 9.59 Å². The van der Waals surface area contributed by atoms with Gasteiger partial charge in [0.2, 0.25) is 11.7 Å². The molecule has 0 fully saturated rings. The van der Waals surface area contributed by atoms with Crippen molar-refractivity contribution >= 4 is 23.5 Å². The lowest BCUT2D eigenvalue weighted by atomic mass is 10.2. The van der Waals surface area contributed by atoms with Crippen molar-refractivity contribution in [2.24, 2.45) is 0 Å². The summed E-state index contributed by atoms with van der Waals surface area (Å²) in [6.45, 7) is 1.06. The van der Waals surface area contributed by atoms with Gasteiger partial charge in [-0.2, -0.15) is 0 Å². The van der Waals surface area contributed by atoms with Crippen LogP contribution in [-0.4, -0.2) is 43.6 Å². The summed E-state index contributed by atoms with van der Waals surface area (Å²) in [5.74, 6) is -7.56. The second kappa shape index (κ2) is 8.92. The molecule has 1 heterocycles. The molecular formula is C16H15F3N2O6. The van der Waals surface area contributed by atoms with Crippen LogP contribution in [0.2, 0.25) is 0 Å². The quantitative estimate of drug-likeness (QED) is 0.556. The highest BCUT2D eigenvalue weighted by Crippen LogP contribution is 2.19. The number of nitrogens with one attached hydrogen (secondary N) is 2. The van der Waals surface area contributed by atoms with E-state index in [9.17, 15) is 27.6 Å². The normalized spacial score (nSPS) is 14.1. The molecule has 2 rings (SSSR count). The SMILES string of the molecule is C[C@@H](OC(=O)C1=COCCO1)C(=O)NCC(=O)Nc1ccc(F)c(F)c1F. The molecule has 0 bridgehead atoms. The minimum atomic E-state index is -1.74. The molecule has 0 aliphatic carbocycles. The fraction of sp³-hybridized carbons (Fsp3) is 0.312. The van der Waals surface area contributed by atoms with Crippen LogP contribution >= 0.6 is 0 Å². The van der Waals surface area contributed by atoms with E-state index in [2.05, 4.69) is 5.32 Å². The Hall–Kier alpha value is -3.24. The van der Waals surface area contributed by atoms with Crippen molar-refractivity contribution < 1.29 is 41.8 Å². The van der Waals surface area contributed by atoms with Gasteiger partial charge in [-0.25, -0.2) is 18.0 Å². The lowest BCUT2D eigenvalue weighted by Crippen LogP contribution is -2.40. The molecule has 0 saturated carbocycles. The smallest absolute Gasteiger partial charge is 0.377 e. The van der Waals surface area contributed by atoms with Crippen molar-refractivity contribution in [3.05, 3.63) is 41.6 Å². The average molecular weight is 388 g/mol. The monoisotopic (exact) mass is 388 g/mol. The minimum absolute atomic E-state index is 0.155. The fourth-order valence-electron chi connectivity index (χ4n) is 1.88. The largest absolute Gasteiger partial charge is 0.493 e. The van der Waals surface area contributed by atoms with Crippen LogP contribution in [0.1, 0.15) is 6.92 Å². The first kappa shape index (κ1) is 20.1. The Morgan fingerprint density at radius 2 is 1.93 bits per heavy atom. The van der Waals surface area contributed by atoms with Crippen LogP contribution in [-0.2, 0) is 28.6 Å². The minimum Gasteiger partial charge on any atom is -0.493 e. The van der Waals surface area contributed by atoms with Crippen molar-refractivity contribution in [1.82, 2.24) is 5.32 Å². The second-order valence-electron chi connectivity index (χ2n) is 5.24. The van der Waals surface area contributed by atoms with Crippen LogP contribution in [0.15, 0.2) is 24.2 Å². The second-order valence-corrected chi connectivity index (χ2v) is 5.24. The van der Waals surface area contributed by atoms with Crippen molar-refractivity contribution in [3.63, 3.8) is 0 Å². The number of hydrogen-bond acceptors (Lipinski definition) is 6. The Bertz CT molecular complexity index is 784. The molecule has 2 amide bonds. The highest BCUT2D eigenvalue weighted by atomic mass is 19.2. The van der Waals surface area contributed by atoms with Gasteiger partial charge < -0.3 is 24.8 Å². The van der Waals surface area contributed by atoms with Crippen LogP contribution in [0.25, 0.3) is 0 Å². The molecule has 2 N–H and O–H groups in total. The van der Waals surface area contributed by atoms with Gasteiger partial charge in [0.15, 0.2) is 23.6 Å². The third-order valence-corrected chi connectivity index (χ3v) is 3.24. The number of carbonyl (C=O) groups is 3. The zero-order valence-corrected chi connectivity index (χ0v) is 14.0. The Labute approximate surface area is 151 Å². The van der Waals surface area contributed by atoms with Crippen LogP contribution in [0, 0.1) is 17.5 Å². The number of halogens is 3. The number of carbonyl (C=O) groups excluding carboxylic acids is 3. The molecule has 0 spiro atoms. The van der Waals surface area contributed by atoms with Gasteiger partial charge in [0.25, 0.3) is 5.91 Å². The van der Waals surface area contributed by atoms with Crippen LogP contribution in [0.5, 0.6) is 0 Å². The molecule has 146 valence electrons. The molecule has 0 unspecified atom stereocenters. The number of hydrogen-bond donors (Lipinski definition) is 2. The zero-order valence-electron chi connectivity index (χ0n) is 14.0. The number of amides is 2. The Kier molecular flexibility index (Phi) is 6.63. The van der Waals surface area contributed by atoms with E-state index < -0.39 is 53.6 Å². The molecule has 27 heavy (non-hydrogen) atoms. The number of anilines is 1. The first-order chi connectivity index (χ1) is 12.8. The van der Waals surface area contributed by atoms with Crippen molar-refractivity contribution in [1.29, 1.82) is 0 Å². The van der Waals surface area contributed by atoms with E-state index in [1.165, 1.54) is 6.92 Å². The molecule has 1 aliphatic heterocycles. The average Bonchev–Trinajstić information content (AvgIpc) is 2.67. The molecule has 0 aromatic heterocycles. The zero-order chi connectivity index (χ0) is 20.0. The van der Waals surface area contributed by atoms with Crippen molar-refractivity contribution in [2.75, 3.05) is 25.1 Å². The maximum absolute atomic E-state index is 13.5. The van der Waals surface area contributed by atoms with Gasteiger partial charge in [0, 0.05) is 0 Å². The third kappa shape index (κ3) is 5.36. The molecule has 8 nitrogen and oxygen atoms in total. The molecule has 1 aromatic rings. The number of rotatable bonds is 6. The van der Waals surface area contributed by atoms with E-state index in [0.29, 0.717) is 6.07 Å².